The van der Waals surface area contributed by atoms with Crippen LogP contribution in [0.1, 0.15) is 40.0 Å². The molecule has 0 bridgehead atoms. The molecule has 2 heteroatoms. The Kier molecular flexibility index (Phi) is 5.49. The summed E-state index contributed by atoms with van der Waals surface area (Å²) in [5.74, 6) is 0. The average Bonchev–Trinajstić information content (AvgIpc) is 2.09. The van der Waals surface area contributed by atoms with Gasteiger partial charge >= 0.3 is 0 Å². The lowest BCUT2D eigenvalue weighted by Gasteiger charge is -2.33. The Morgan fingerprint density at radius 1 is 1.00 bits per heavy atom. The van der Waals surface area contributed by atoms with Crippen LogP contribution in [0.2, 0.25) is 0 Å². The first-order chi connectivity index (χ1) is 6.74. The van der Waals surface area contributed by atoms with Crippen molar-refractivity contribution in [2.45, 2.75) is 46.1 Å². The maximum absolute atomic E-state index is 2.62. The van der Waals surface area contributed by atoms with Gasteiger partial charge in [-0.1, -0.05) is 6.92 Å². The first kappa shape index (κ1) is 12.0. The van der Waals surface area contributed by atoms with Crippen molar-refractivity contribution in [3.8, 4) is 0 Å². The quantitative estimate of drug-likeness (QED) is 0.686. The predicted molar refractivity (Wildman–Crippen MR) is 62.7 cm³/mol. The van der Waals surface area contributed by atoms with Gasteiger partial charge in [0.1, 0.15) is 0 Å². The fourth-order valence-electron chi connectivity index (χ4n) is 2.20. The molecule has 1 aliphatic heterocycles. The van der Waals surface area contributed by atoms with Gasteiger partial charge in [0, 0.05) is 19.1 Å². The zero-order valence-electron chi connectivity index (χ0n) is 10.1. The first-order valence-corrected chi connectivity index (χ1v) is 6.20. The van der Waals surface area contributed by atoms with Crippen molar-refractivity contribution >= 4 is 0 Å². The predicted octanol–water partition coefficient (Wildman–Crippen LogP) is 2.20. The van der Waals surface area contributed by atoms with Crippen LogP contribution in [0, 0.1) is 0 Å². The molecule has 1 saturated heterocycles. The molecule has 0 atom stereocenters. The van der Waals surface area contributed by atoms with Crippen LogP contribution in [-0.2, 0) is 0 Å². The van der Waals surface area contributed by atoms with Gasteiger partial charge in [-0.3, -0.25) is 4.90 Å². The highest BCUT2D eigenvalue weighted by molar-refractivity contribution is 4.70. The van der Waals surface area contributed by atoms with Gasteiger partial charge in [-0.15, -0.1) is 0 Å². The minimum Gasteiger partial charge on any atom is -0.302 e. The fourth-order valence-corrected chi connectivity index (χ4v) is 2.20. The number of nitrogens with zero attached hydrogens (tertiary/aromatic N) is 2. The van der Waals surface area contributed by atoms with E-state index in [1.165, 1.54) is 52.0 Å². The maximum Gasteiger partial charge on any atom is 0.0112 e. The van der Waals surface area contributed by atoms with E-state index in [-0.39, 0.29) is 0 Å². The Balaban J connectivity index is 2.34. The van der Waals surface area contributed by atoms with E-state index in [0.717, 1.165) is 6.04 Å². The van der Waals surface area contributed by atoms with Crippen LogP contribution in [-0.4, -0.2) is 48.6 Å². The van der Waals surface area contributed by atoms with Crippen molar-refractivity contribution in [2.75, 3.05) is 32.7 Å². The fraction of sp³-hybridized carbons (Fsp3) is 1.00. The molecule has 1 heterocycles. The highest BCUT2D eigenvalue weighted by atomic mass is 15.2. The molecular formula is C12H26N2. The Morgan fingerprint density at radius 3 is 2.36 bits per heavy atom. The summed E-state index contributed by atoms with van der Waals surface area (Å²) in [6.45, 7) is 13.3. The van der Waals surface area contributed by atoms with Crippen LogP contribution >= 0.6 is 0 Å². The lowest BCUT2D eigenvalue weighted by atomic mass is 10.2. The molecule has 0 radical (unpaired) electrons. The second-order valence-electron chi connectivity index (χ2n) is 4.68. The molecule has 0 N–H and O–H groups in total. The summed E-state index contributed by atoms with van der Waals surface area (Å²) in [5.41, 5.74) is 0. The van der Waals surface area contributed by atoms with Crippen molar-refractivity contribution in [3.63, 3.8) is 0 Å². The lowest BCUT2D eigenvalue weighted by Crippen LogP contribution is -2.42. The van der Waals surface area contributed by atoms with Crippen molar-refractivity contribution in [1.29, 1.82) is 0 Å². The van der Waals surface area contributed by atoms with E-state index in [1.54, 1.807) is 0 Å². The smallest absolute Gasteiger partial charge is 0.0112 e. The van der Waals surface area contributed by atoms with E-state index < -0.39 is 0 Å². The summed E-state index contributed by atoms with van der Waals surface area (Å²) < 4.78 is 0. The molecular weight excluding hydrogens is 172 g/mol. The SMILES string of the molecule is CCCN1CCCCN(C(C)C)CC1. The van der Waals surface area contributed by atoms with Gasteiger partial charge in [-0.25, -0.2) is 0 Å². The molecule has 84 valence electrons. The van der Waals surface area contributed by atoms with Crippen LogP contribution in [0.3, 0.4) is 0 Å². The highest BCUT2D eigenvalue weighted by Gasteiger charge is 2.14. The molecule has 1 fully saturated rings. The van der Waals surface area contributed by atoms with E-state index in [1.807, 2.05) is 0 Å². The molecule has 2 nitrogen and oxygen atoms in total. The van der Waals surface area contributed by atoms with E-state index >= 15 is 0 Å². The van der Waals surface area contributed by atoms with Gasteiger partial charge in [-0.05, 0) is 52.7 Å². The highest BCUT2D eigenvalue weighted by Crippen LogP contribution is 2.07. The zero-order valence-corrected chi connectivity index (χ0v) is 10.1. The van der Waals surface area contributed by atoms with E-state index in [4.69, 9.17) is 0 Å². The molecule has 0 unspecified atom stereocenters. The minimum atomic E-state index is 0.719. The van der Waals surface area contributed by atoms with Crippen LogP contribution in [0.4, 0.5) is 0 Å². The molecule has 0 saturated carbocycles. The van der Waals surface area contributed by atoms with Crippen LogP contribution in [0.5, 0.6) is 0 Å². The standard InChI is InChI=1S/C12H26N2/c1-4-7-13-8-5-6-9-14(11-10-13)12(2)3/h12H,4-11H2,1-3H3. The van der Waals surface area contributed by atoms with Crippen molar-refractivity contribution < 1.29 is 0 Å². The summed E-state index contributed by atoms with van der Waals surface area (Å²) in [4.78, 5) is 5.23. The third kappa shape index (κ3) is 3.97. The maximum atomic E-state index is 2.62. The molecule has 0 aromatic heterocycles. The zero-order chi connectivity index (χ0) is 10.4. The van der Waals surface area contributed by atoms with Gasteiger partial charge in [0.05, 0.1) is 0 Å². The monoisotopic (exact) mass is 198 g/mol. The van der Waals surface area contributed by atoms with Gasteiger partial charge in [-0.2, -0.15) is 0 Å². The van der Waals surface area contributed by atoms with E-state index in [9.17, 15) is 0 Å². The number of hydrogen-bond donors (Lipinski definition) is 0. The second kappa shape index (κ2) is 6.41. The number of rotatable bonds is 3. The molecule has 0 amide bonds. The van der Waals surface area contributed by atoms with Crippen molar-refractivity contribution in [3.05, 3.63) is 0 Å². The summed E-state index contributed by atoms with van der Waals surface area (Å²) in [6, 6.07) is 0.719. The molecule has 0 aliphatic carbocycles. The third-order valence-corrected chi connectivity index (χ3v) is 3.14. The summed E-state index contributed by atoms with van der Waals surface area (Å²) in [7, 11) is 0. The average molecular weight is 198 g/mol. The summed E-state index contributed by atoms with van der Waals surface area (Å²) in [6.07, 6.45) is 4.04. The molecule has 1 aliphatic rings. The Bertz CT molecular complexity index is 145. The first-order valence-electron chi connectivity index (χ1n) is 6.20. The summed E-state index contributed by atoms with van der Waals surface area (Å²) in [5, 5.41) is 0. The summed E-state index contributed by atoms with van der Waals surface area (Å²) >= 11 is 0. The lowest BCUT2D eigenvalue weighted by molar-refractivity contribution is 0.149. The molecule has 1 rings (SSSR count). The van der Waals surface area contributed by atoms with Crippen LogP contribution in [0.15, 0.2) is 0 Å². The topological polar surface area (TPSA) is 6.48 Å². The Hall–Kier alpha value is -0.0800. The normalized spacial score (nSPS) is 22.3. The van der Waals surface area contributed by atoms with Crippen LogP contribution in [0.25, 0.3) is 0 Å². The third-order valence-electron chi connectivity index (χ3n) is 3.14. The van der Waals surface area contributed by atoms with E-state index in [2.05, 4.69) is 30.6 Å². The van der Waals surface area contributed by atoms with Gasteiger partial charge in [0.2, 0.25) is 0 Å². The molecule has 0 aromatic rings. The second-order valence-corrected chi connectivity index (χ2v) is 4.68. The molecule has 0 aromatic carbocycles. The Morgan fingerprint density at radius 2 is 1.71 bits per heavy atom. The van der Waals surface area contributed by atoms with E-state index in [0.29, 0.717) is 0 Å². The minimum absolute atomic E-state index is 0.719. The van der Waals surface area contributed by atoms with Gasteiger partial charge < -0.3 is 4.90 Å². The molecule has 14 heavy (non-hydrogen) atoms. The largest absolute Gasteiger partial charge is 0.302 e. The van der Waals surface area contributed by atoms with Crippen LogP contribution < -0.4 is 0 Å². The van der Waals surface area contributed by atoms with Crippen molar-refractivity contribution in [1.82, 2.24) is 9.80 Å². The van der Waals surface area contributed by atoms with Gasteiger partial charge in [0.25, 0.3) is 0 Å². The Labute approximate surface area is 89.3 Å². The van der Waals surface area contributed by atoms with Gasteiger partial charge in [0.15, 0.2) is 0 Å². The number of hydrogen-bond acceptors (Lipinski definition) is 2. The molecule has 0 spiro atoms. The van der Waals surface area contributed by atoms with Crippen molar-refractivity contribution in [2.24, 2.45) is 0 Å².